The molecule has 2 aliphatic heterocycles. The van der Waals surface area contributed by atoms with Crippen LogP contribution in [0.2, 0.25) is 0 Å². The highest BCUT2D eigenvalue weighted by molar-refractivity contribution is 6.05. The topological polar surface area (TPSA) is 104 Å². The van der Waals surface area contributed by atoms with Crippen LogP contribution in [0.5, 0.6) is 0 Å². The molecule has 24 heavy (non-hydrogen) atoms. The van der Waals surface area contributed by atoms with Gasteiger partial charge < -0.3 is 22.1 Å². The number of nitrogens with two attached hydrogens (primary N) is 2. The first-order chi connectivity index (χ1) is 11.7. The summed E-state index contributed by atoms with van der Waals surface area (Å²) in [6, 6.07) is 6.43. The van der Waals surface area contributed by atoms with Gasteiger partial charge in [0.1, 0.15) is 5.66 Å². The molecule has 1 saturated carbocycles. The van der Waals surface area contributed by atoms with Crippen LogP contribution in [-0.4, -0.2) is 30.7 Å². The predicted octanol–water partition coefficient (Wildman–Crippen LogP) is 1.31. The van der Waals surface area contributed by atoms with E-state index < -0.39 is 0 Å². The van der Waals surface area contributed by atoms with Gasteiger partial charge in [0.15, 0.2) is 0 Å². The SMILES string of the molecule is NC1=NC2(CCCCC2)N(c2ccc3c(c2)NCCNC3)C(N)=N1. The van der Waals surface area contributed by atoms with Gasteiger partial charge in [-0.2, -0.15) is 4.99 Å². The highest BCUT2D eigenvalue weighted by atomic mass is 15.4. The third-order valence-corrected chi connectivity index (χ3v) is 5.14. The van der Waals surface area contributed by atoms with E-state index in [1.807, 2.05) is 0 Å². The van der Waals surface area contributed by atoms with Crippen LogP contribution in [0, 0.1) is 0 Å². The minimum atomic E-state index is -0.384. The van der Waals surface area contributed by atoms with Crippen molar-refractivity contribution in [1.29, 1.82) is 0 Å². The summed E-state index contributed by atoms with van der Waals surface area (Å²) in [7, 11) is 0. The van der Waals surface area contributed by atoms with Crippen LogP contribution < -0.4 is 27.0 Å². The molecule has 128 valence electrons. The van der Waals surface area contributed by atoms with E-state index in [0.717, 1.165) is 56.7 Å². The summed E-state index contributed by atoms with van der Waals surface area (Å²) in [6.45, 7) is 2.75. The number of fused-ring (bicyclic) bond motifs is 1. The quantitative estimate of drug-likeness (QED) is 0.623. The second-order valence-electron chi connectivity index (χ2n) is 6.76. The van der Waals surface area contributed by atoms with Gasteiger partial charge in [-0.3, -0.25) is 4.90 Å². The van der Waals surface area contributed by atoms with Crippen molar-refractivity contribution in [3.8, 4) is 0 Å². The van der Waals surface area contributed by atoms with E-state index in [2.05, 4.69) is 38.7 Å². The van der Waals surface area contributed by atoms with Crippen molar-refractivity contribution in [3.63, 3.8) is 0 Å². The van der Waals surface area contributed by atoms with Gasteiger partial charge in [-0.05, 0) is 43.4 Å². The molecule has 4 rings (SSSR count). The number of hydrogen-bond donors (Lipinski definition) is 4. The number of nitrogens with zero attached hydrogens (tertiary/aromatic N) is 3. The largest absolute Gasteiger partial charge is 0.383 e. The molecule has 2 heterocycles. The first kappa shape index (κ1) is 15.3. The standard InChI is InChI=1S/C17H25N7/c18-15-22-16(19)24(17(23-15)6-2-1-3-7-17)13-5-4-12-11-20-8-9-21-14(12)10-13/h4-5,10,20-21H,1-3,6-9,11H2,(H4,18,19,22,23). The zero-order valence-electron chi connectivity index (χ0n) is 13.9. The van der Waals surface area contributed by atoms with Gasteiger partial charge in [0.25, 0.3) is 0 Å². The van der Waals surface area contributed by atoms with Crippen LogP contribution in [0.4, 0.5) is 11.4 Å². The van der Waals surface area contributed by atoms with Gasteiger partial charge in [0.05, 0.1) is 0 Å². The molecule has 1 fully saturated rings. The Hall–Kier alpha value is -2.28. The van der Waals surface area contributed by atoms with Gasteiger partial charge >= 0.3 is 0 Å². The van der Waals surface area contributed by atoms with Crippen LogP contribution in [0.1, 0.15) is 37.7 Å². The highest BCUT2D eigenvalue weighted by Crippen LogP contribution is 2.40. The number of rotatable bonds is 1. The van der Waals surface area contributed by atoms with E-state index in [9.17, 15) is 0 Å². The molecular formula is C17H25N7. The maximum Gasteiger partial charge on any atom is 0.220 e. The van der Waals surface area contributed by atoms with E-state index in [-0.39, 0.29) is 5.66 Å². The summed E-state index contributed by atoms with van der Waals surface area (Å²) in [4.78, 5) is 11.1. The van der Waals surface area contributed by atoms with Gasteiger partial charge in [0, 0.05) is 31.0 Å². The summed E-state index contributed by atoms with van der Waals surface area (Å²) in [5.74, 6) is 0.735. The molecule has 0 amide bonds. The number of hydrogen-bond acceptors (Lipinski definition) is 7. The second kappa shape index (κ2) is 5.98. The number of guanidine groups is 2. The van der Waals surface area contributed by atoms with Crippen molar-refractivity contribution in [2.45, 2.75) is 44.3 Å². The van der Waals surface area contributed by atoms with Crippen LogP contribution in [-0.2, 0) is 6.54 Å². The maximum atomic E-state index is 6.30. The highest BCUT2D eigenvalue weighted by Gasteiger charge is 2.42. The molecule has 1 aromatic carbocycles. The predicted molar refractivity (Wildman–Crippen MR) is 98.2 cm³/mol. The fourth-order valence-corrected chi connectivity index (χ4v) is 4.03. The Morgan fingerprint density at radius 2 is 1.92 bits per heavy atom. The molecule has 1 aromatic rings. The molecule has 7 nitrogen and oxygen atoms in total. The monoisotopic (exact) mass is 327 g/mol. The van der Waals surface area contributed by atoms with Crippen molar-refractivity contribution in [3.05, 3.63) is 23.8 Å². The summed E-state index contributed by atoms with van der Waals surface area (Å²) < 4.78 is 0. The van der Waals surface area contributed by atoms with Crippen LogP contribution in [0.15, 0.2) is 28.2 Å². The summed E-state index contributed by atoms with van der Waals surface area (Å²) in [5.41, 5.74) is 15.3. The summed E-state index contributed by atoms with van der Waals surface area (Å²) in [6.07, 6.45) is 5.41. The lowest BCUT2D eigenvalue weighted by atomic mass is 9.87. The van der Waals surface area contributed by atoms with Gasteiger partial charge in [-0.1, -0.05) is 12.5 Å². The zero-order chi connectivity index (χ0) is 16.6. The molecule has 0 radical (unpaired) electrons. The Balaban J connectivity index is 1.76. The van der Waals surface area contributed by atoms with Crippen molar-refractivity contribution in [1.82, 2.24) is 5.32 Å². The second-order valence-corrected chi connectivity index (χ2v) is 6.76. The molecule has 1 aliphatic carbocycles. The zero-order valence-corrected chi connectivity index (χ0v) is 13.9. The minimum absolute atomic E-state index is 0.294. The third kappa shape index (κ3) is 2.58. The Kier molecular flexibility index (Phi) is 3.80. The van der Waals surface area contributed by atoms with Crippen LogP contribution in [0.25, 0.3) is 0 Å². The van der Waals surface area contributed by atoms with Crippen molar-refractivity contribution in [2.24, 2.45) is 21.5 Å². The molecule has 3 aliphatic rings. The molecule has 0 unspecified atom stereocenters. The normalized spacial score (nSPS) is 22.9. The first-order valence-electron chi connectivity index (χ1n) is 8.75. The average Bonchev–Trinajstić information content (AvgIpc) is 2.79. The van der Waals surface area contributed by atoms with Gasteiger partial charge in [0.2, 0.25) is 11.9 Å². The van der Waals surface area contributed by atoms with Gasteiger partial charge in [-0.25, -0.2) is 4.99 Å². The lowest BCUT2D eigenvalue weighted by Gasteiger charge is -2.45. The van der Waals surface area contributed by atoms with Crippen LogP contribution in [0.3, 0.4) is 0 Å². The number of aliphatic imine (C=N–C) groups is 2. The van der Waals surface area contributed by atoms with E-state index >= 15 is 0 Å². The van der Waals surface area contributed by atoms with Gasteiger partial charge in [-0.15, -0.1) is 0 Å². The Bertz CT molecular complexity index is 688. The fraction of sp³-hybridized carbons (Fsp3) is 0.529. The summed E-state index contributed by atoms with van der Waals surface area (Å²) in [5, 5.41) is 6.90. The molecule has 7 heteroatoms. The first-order valence-corrected chi connectivity index (χ1v) is 8.75. The molecule has 0 aromatic heterocycles. The van der Waals surface area contributed by atoms with Crippen molar-refractivity contribution >= 4 is 23.3 Å². The number of anilines is 2. The smallest absolute Gasteiger partial charge is 0.220 e. The van der Waals surface area contributed by atoms with Crippen LogP contribution >= 0.6 is 0 Å². The van der Waals surface area contributed by atoms with E-state index in [1.54, 1.807) is 0 Å². The van der Waals surface area contributed by atoms with Crippen molar-refractivity contribution in [2.75, 3.05) is 23.3 Å². The molecule has 0 saturated heterocycles. The summed E-state index contributed by atoms with van der Waals surface area (Å²) >= 11 is 0. The van der Waals surface area contributed by atoms with Crippen molar-refractivity contribution < 1.29 is 0 Å². The molecule has 6 N–H and O–H groups in total. The average molecular weight is 327 g/mol. The van der Waals surface area contributed by atoms with E-state index in [0.29, 0.717) is 11.9 Å². The Morgan fingerprint density at radius 1 is 1.08 bits per heavy atom. The minimum Gasteiger partial charge on any atom is -0.383 e. The molecule has 1 spiro atoms. The third-order valence-electron chi connectivity index (χ3n) is 5.14. The van der Waals surface area contributed by atoms with E-state index in [1.165, 1.54) is 12.0 Å². The Morgan fingerprint density at radius 3 is 2.75 bits per heavy atom. The number of benzene rings is 1. The molecular weight excluding hydrogens is 302 g/mol. The molecule has 0 bridgehead atoms. The Labute approximate surface area is 142 Å². The fourth-order valence-electron chi connectivity index (χ4n) is 4.03. The van der Waals surface area contributed by atoms with E-state index in [4.69, 9.17) is 16.5 Å². The lowest BCUT2D eigenvalue weighted by Crippen LogP contribution is -2.58. The maximum absolute atomic E-state index is 6.30. The molecule has 0 atom stereocenters. The lowest BCUT2D eigenvalue weighted by molar-refractivity contribution is 0.305. The number of nitrogens with one attached hydrogen (secondary N) is 2.